The van der Waals surface area contributed by atoms with Crippen LogP contribution in [0.4, 0.5) is 11.5 Å². The van der Waals surface area contributed by atoms with Crippen molar-refractivity contribution in [3.05, 3.63) is 77.5 Å². The first-order valence-corrected chi connectivity index (χ1v) is 13.2. The molecule has 1 aromatic heterocycles. The number of pyridine rings is 1. The molecule has 0 unspecified atom stereocenters. The number of likely N-dealkylation sites (N-methyl/N-ethyl adjacent to an activating group) is 1. The fourth-order valence-electron chi connectivity index (χ4n) is 5.76. The van der Waals surface area contributed by atoms with E-state index in [0.29, 0.717) is 37.3 Å². The van der Waals surface area contributed by atoms with Gasteiger partial charge in [0.2, 0.25) is 5.91 Å². The fraction of sp³-hybridized carbons (Fsp3) is 0.290. The third-order valence-corrected chi connectivity index (χ3v) is 8.02. The van der Waals surface area contributed by atoms with Crippen LogP contribution in [0.1, 0.15) is 29.5 Å². The third kappa shape index (κ3) is 4.62. The highest BCUT2D eigenvalue weighted by atomic mass is 16.5. The van der Waals surface area contributed by atoms with Gasteiger partial charge in [-0.3, -0.25) is 4.79 Å². The number of aromatic nitrogens is 1. The molecular weight excluding hydrogens is 508 g/mol. The Balaban J connectivity index is 1.26. The van der Waals surface area contributed by atoms with Gasteiger partial charge < -0.3 is 24.8 Å². The maximum absolute atomic E-state index is 13.6. The number of anilines is 2. The molecule has 3 aromatic rings. The van der Waals surface area contributed by atoms with Gasteiger partial charge in [-0.25, -0.2) is 9.78 Å². The van der Waals surface area contributed by atoms with Crippen molar-refractivity contribution < 1.29 is 24.2 Å². The lowest BCUT2D eigenvalue weighted by molar-refractivity contribution is -0.131. The first-order valence-electron chi connectivity index (χ1n) is 13.2. The molecule has 0 bridgehead atoms. The number of hydrogen-bond donors (Lipinski definition) is 2. The molecule has 1 fully saturated rings. The van der Waals surface area contributed by atoms with Crippen LogP contribution in [0.2, 0.25) is 0 Å². The number of nitrogens with zero attached hydrogens (tertiary/aromatic N) is 3. The summed E-state index contributed by atoms with van der Waals surface area (Å²) in [6.45, 7) is 1.94. The molecule has 1 amide bonds. The van der Waals surface area contributed by atoms with E-state index in [1.165, 1.54) is 6.08 Å². The Kier molecular flexibility index (Phi) is 6.39. The van der Waals surface area contributed by atoms with Crippen molar-refractivity contribution >= 4 is 23.4 Å². The number of fused-ring (bicyclic) bond motifs is 3. The quantitative estimate of drug-likeness (QED) is 0.447. The second-order valence-corrected chi connectivity index (χ2v) is 10.5. The van der Waals surface area contributed by atoms with Gasteiger partial charge in [0.15, 0.2) is 11.6 Å². The molecule has 1 saturated carbocycles. The van der Waals surface area contributed by atoms with Crippen molar-refractivity contribution in [3.63, 3.8) is 0 Å². The zero-order valence-electron chi connectivity index (χ0n) is 22.0. The second-order valence-electron chi connectivity index (χ2n) is 10.5. The lowest BCUT2D eigenvalue weighted by atomic mass is 9.85. The van der Waals surface area contributed by atoms with E-state index in [2.05, 4.69) is 27.3 Å². The predicted octanol–water partition coefficient (Wildman–Crippen LogP) is 4.31. The largest absolute Gasteiger partial charge is 0.493 e. The van der Waals surface area contributed by atoms with Crippen LogP contribution in [0.15, 0.2) is 60.8 Å². The van der Waals surface area contributed by atoms with E-state index in [0.717, 1.165) is 58.6 Å². The lowest BCUT2D eigenvalue weighted by Gasteiger charge is -2.28. The number of allylic oxidation sites excluding steroid dienone is 1. The Bertz CT molecular complexity index is 1590. The number of carboxylic acids is 1. The third-order valence-electron chi connectivity index (χ3n) is 8.02. The van der Waals surface area contributed by atoms with E-state index >= 15 is 0 Å². The Morgan fingerprint density at radius 2 is 2.02 bits per heavy atom. The molecule has 40 heavy (non-hydrogen) atoms. The Hall–Kier alpha value is -4.84. The van der Waals surface area contributed by atoms with Crippen LogP contribution in [-0.4, -0.2) is 48.8 Å². The molecule has 202 valence electrons. The van der Waals surface area contributed by atoms with Crippen LogP contribution in [0.25, 0.3) is 11.1 Å². The summed E-state index contributed by atoms with van der Waals surface area (Å²) in [5.74, 6) is 0.957. The van der Waals surface area contributed by atoms with Gasteiger partial charge in [-0.15, -0.1) is 0 Å². The van der Waals surface area contributed by atoms with Gasteiger partial charge in [0.25, 0.3) is 0 Å². The minimum Gasteiger partial charge on any atom is -0.493 e. The number of carboxylic acid groups (broad SMARTS) is 1. The zero-order valence-corrected chi connectivity index (χ0v) is 22.0. The smallest absolute Gasteiger partial charge is 0.327 e. The molecular formula is C31H28N4O5. The van der Waals surface area contributed by atoms with E-state index in [4.69, 9.17) is 14.6 Å². The van der Waals surface area contributed by atoms with E-state index in [1.807, 2.05) is 31.4 Å². The summed E-state index contributed by atoms with van der Waals surface area (Å²) in [6, 6.07) is 15.2. The molecule has 2 aliphatic heterocycles. The van der Waals surface area contributed by atoms with E-state index < -0.39 is 5.97 Å². The van der Waals surface area contributed by atoms with Crippen LogP contribution in [-0.2, 0) is 21.4 Å². The van der Waals surface area contributed by atoms with Crippen LogP contribution in [0, 0.1) is 17.2 Å². The molecule has 6 rings (SSSR count). The fourth-order valence-corrected chi connectivity index (χ4v) is 5.76. The summed E-state index contributed by atoms with van der Waals surface area (Å²) < 4.78 is 11.8. The summed E-state index contributed by atoms with van der Waals surface area (Å²) in [4.78, 5) is 31.2. The number of aliphatic carboxylic acids is 1. The molecule has 2 N–H and O–H groups in total. The van der Waals surface area contributed by atoms with Gasteiger partial charge in [0, 0.05) is 47.5 Å². The lowest BCUT2D eigenvalue weighted by Crippen LogP contribution is -2.29. The average Bonchev–Trinajstić information content (AvgIpc) is 3.68. The van der Waals surface area contributed by atoms with Crippen molar-refractivity contribution in [2.45, 2.75) is 24.7 Å². The van der Waals surface area contributed by atoms with Gasteiger partial charge >= 0.3 is 5.97 Å². The number of carbonyl (C=O) groups excluding carboxylic acids is 1. The number of ether oxygens (including phenoxy) is 2. The van der Waals surface area contributed by atoms with Gasteiger partial charge in [0.1, 0.15) is 12.4 Å². The van der Waals surface area contributed by atoms with Crippen LogP contribution in [0.5, 0.6) is 11.5 Å². The maximum atomic E-state index is 13.6. The minimum absolute atomic E-state index is 0.122. The first kappa shape index (κ1) is 25.4. The summed E-state index contributed by atoms with van der Waals surface area (Å²) in [5, 5.41) is 21.3. The van der Waals surface area contributed by atoms with Crippen molar-refractivity contribution in [3.8, 4) is 28.7 Å². The highest BCUT2D eigenvalue weighted by Crippen LogP contribution is 2.61. The van der Waals surface area contributed by atoms with Crippen molar-refractivity contribution in [2.75, 3.05) is 37.0 Å². The molecule has 2 aromatic carbocycles. The summed E-state index contributed by atoms with van der Waals surface area (Å²) in [6.07, 6.45) is 6.18. The highest BCUT2D eigenvalue weighted by Gasteiger charge is 2.61. The van der Waals surface area contributed by atoms with Crippen LogP contribution >= 0.6 is 0 Å². The summed E-state index contributed by atoms with van der Waals surface area (Å²) in [7, 11) is 2.00. The number of nitrogens with one attached hydrogen (secondary N) is 1. The van der Waals surface area contributed by atoms with Crippen molar-refractivity contribution in [1.82, 2.24) is 4.98 Å². The molecule has 3 aliphatic rings. The number of nitriles is 1. The number of benzene rings is 2. The number of hydrogen-bond acceptors (Lipinski definition) is 7. The molecule has 9 heteroatoms. The molecule has 1 spiro atoms. The standard InChI is InChI=1S/C31H28N4O5/c1-35-10-12-40-27-15-22(18-33-29(27)35)21-7-8-26-23(14-21)31(9-11-39-26)16-24(31)30(38)34-25-13-19(17-32)5-6-20(25)3-2-4-28(36)37/h2,4-8,13-15,18,24H,3,9-12,16H2,1H3,(H,34,38)(H,36,37)/t24-,31-/m0/s1. The zero-order chi connectivity index (χ0) is 27.9. The van der Waals surface area contributed by atoms with Crippen LogP contribution < -0.4 is 19.7 Å². The molecule has 0 saturated heterocycles. The van der Waals surface area contributed by atoms with Gasteiger partial charge in [-0.2, -0.15) is 5.26 Å². The normalized spacial score (nSPS) is 20.6. The number of rotatable bonds is 6. The SMILES string of the molecule is CN1CCOc2cc(-c3ccc4c(c3)[C@]3(CCO4)C[C@H]3C(=O)Nc3cc(C#N)ccc3CC=CC(=O)O)cnc21. The van der Waals surface area contributed by atoms with Gasteiger partial charge in [-0.05, 0) is 60.7 Å². The van der Waals surface area contributed by atoms with E-state index in [9.17, 15) is 14.9 Å². The Morgan fingerprint density at radius 3 is 2.85 bits per heavy atom. The topological polar surface area (TPSA) is 125 Å². The first-order chi connectivity index (χ1) is 19.4. The monoisotopic (exact) mass is 536 g/mol. The molecule has 0 radical (unpaired) electrons. The van der Waals surface area contributed by atoms with Gasteiger partial charge in [0.05, 0.1) is 24.8 Å². The second kappa shape index (κ2) is 10.0. The van der Waals surface area contributed by atoms with Gasteiger partial charge in [-0.1, -0.05) is 18.2 Å². The average molecular weight is 537 g/mol. The molecule has 9 nitrogen and oxygen atoms in total. The van der Waals surface area contributed by atoms with E-state index in [-0.39, 0.29) is 17.2 Å². The summed E-state index contributed by atoms with van der Waals surface area (Å²) in [5.41, 5.74) is 4.28. The molecule has 3 heterocycles. The number of amides is 1. The predicted molar refractivity (Wildman–Crippen MR) is 149 cm³/mol. The molecule has 1 aliphatic carbocycles. The van der Waals surface area contributed by atoms with Crippen molar-refractivity contribution in [1.29, 1.82) is 5.26 Å². The van der Waals surface area contributed by atoms with E-state index in [1.54, 1.807) is 18.2 Å². The Morgan fingerprint density at radius 1 is 1.18 bits per heavy atom. The number of carbonyl (C=O) groups is 2. The highest BCUT2D eigenvalue weighted by molar-refractivity contribution is 5.97. The minimum atomic E-state index is -1.04. The Labute approximate surface area is 231 Å². The summed E-state index contributed by atoms with van der Waals surface area (Å²) >= 11 is 0. The maximum Gasteiger partial charge on any atom is 0.327 e. The van der Waals surface area contributed by atoms with Crippen LogP contribution in [0.3, 0.4) is 0 Å². The molecule has 2 atom stereocenters. The van der Waals surface area contributed by atoms with Crippen molar-refractivity contribution in [2.24, 2.45) is 5.92 Å².